The number of nitrogens with zero attached hydrogens (tertiary/aromatic N) is 4. The van der Waals surface area contributed by atoms with Crippen LogP contribution in [0.2, 0.25) is 0 Å². The van der Waals surface area contributed by atoms with Crippen molar-refractivity contribution in [1.82, 2.24) is 14.7 Å². The molecule has 4 nitrogen and oxygen atoms in total. The van der Waals surface area contributed by atoms with Crippen molar-refractivity contribution in [1.29, 1.82) is 0 Å². The maximum atomic E-state index is 4.53. The number of hydrogen-bond acceptors (Lipinski definition) is 3. The Morgan fingerprint density at radius 2 is 1.67 bits per heavy atom. The average molecular weight is 284 g/mol. The molecule has 0 bridgehead atoms. The molecule has 0 spiro atoms. The van der Waals surface area contributed by atoms with E-state index in [2.05, 4.69) is 59.1 Å². The number of aryl methyl sites for hydroxylation is 2. The van der Waals surface area contributed by atoms with Crippen molar-refractivity contribution in [2.24, 2.45) is 7.05 Å². The molecule has 0 amide bonds. The zero-order chi connectivity index (χ0) is 14.8. The number of piperazine rings is 1. The summed E-state index contributed by atoms with van der Waals surface area (Å²) in [6.07, 6.45) is 0. The van der Waals surface area contributed by atoms with Crippen LogP contribution in [0.25, 0.3) is 0 Å². The van der Waals surface area contributed by atoms with Crippen molar-refractivity contribution in [2.75, 3.05) is 31.1 Å². The van der Waals surface area contributed by atoms with E-state index in [1.54, 1.807) is 0 Å². The van der Waals surface area contributed by atoms with Crippen LogP contribution in [0.1, 0.15) is 17.0 Å². The van der Waals surface area contributed by atoms with E-state index in [9.17, 15) is 0 Å². The van der Waals surface area contributed by atoms with Gasteiger partial charge >= 0.3 is 0 Å². The van der Waals surface area contributed by atoms with Gasteiger partial charge in [-0.05, 0) is 19.4 Å². The molecule has 3 rings (SSSR count). The minimum Gasteiger partial charge on any atom is -0.366 e. The monoisotopic (exact) mass is 284 g/mol. The van der Waals surface area contributed by atoms with Gasteiger partial charge in [-0.15, -0.1) is 0 Å². The Kier molecular flexibility index (Phi) is 3.97. The third-order valence-corrected chi connectivity index (χ3v) is 4.41. The zero-order valence-corrected chi connectivity index (χ0v) is 13.2. The lowest BCUT2D eigenvalue weighted by atomic mass is 10.2. The van der Waals surface area contributed by atoms with Crippen LogP contribution in [-0.4, -0.2) is 40.9 Å². The first-order valence-electron chi connectivity index (χ1n) is 7.66. The van der Waals surface area contributed by atoms with Crippen molar-refractivity contribution in [3.63, 3.8) is 0 Å². The van der Waals surface area contributed by atoms with Crippen LogP contribution in [0.5, 0.6) is 0 Å². The fourth-order valence-corrected chi connectivity index (χ4v) is 3.19. The van der Waals surface area contributed by atoms with Gasteiger partial charge < -0.3 is 4.90 Å². The fourth-order valence-electron chi connectivity index (χ4n) is 3.19. The van der Waals surface area contributed by atoms with Crippen molar-refractivity contribution in [3.8, 4) is 0 Å². The molecule has 1 fully saturated rings. The third-order valence-electron chi connectivity index (χ3n) is 4.41. The van der Waals surface area contributed by atoms with Gasteiger partial charge in [-0.25, -0.2) is 0 Å². The van der Waals surface area contributed by atoms with E-state index in [0.717, 1.165) is 38.4 Å². The number of aromatic nitrogens is 2. The Labute approximate surface area is 127 Å². The second-order valence-corrected chi connectivity index (χ2v) is 5.89. The molecule has 1 aromatic carbocycles. The van der Waals surface area contributed by atoms with Gasteiger partial charge in [-0.1, -0.05) is 30.3 Å². The van der Waals surface area contributed by atoms with Crippen molar-refractivity contribution < 1.29 is 0 Å². The lowest BCUT2D eigenvalue weighted by molar-refractivity contribution is 0.249. The Balaban J connectivity index is 1.63. The first-order chi connectivity index (χ1) is 10.1. The summed E-state index contributed by atoms with van der Waals surface area (Å²) in [6.45, 7) is 9.72. The molecule has 0 unspecified atom stereocenters. The van der Waals surface area contributed by atoms with E-state index < -0.39 is 0 Å². The van der Waals surface area contributed by atoms with Crippen molar-refractivity contribution in [3.05, 3.63) is 47.3 Å². The molecule has 1 aliphatic heterocycles. The molecule has 1 aliphatic rings. The summed E-state index contributed by atoms with van der Waals surface area (Å²) in [5.41, 5.74) is 5.15. The summed E-state index contributed by atoms with van der Waals surface area (Å²) in [4.78, 5) is 5.02. The van der Waals surface area contributed by atoms with Crippen molar-refractivity contribution in [2.45, 2.75) is 20.4 Å². The summed E-state index contributed by atoms with van der Waals surface area (Å²) < 4.78 is 1.99. The van der Waals surface area contributed by atoms with Crippen LogP contribution in [0.3, 0.4) is 0 Å². The molecule has 0 N–H and O–H groups in total. The maximum absolute atomic E-state index is 4.53. The normalized spacial score (nSPS) is 16.4. The van der Waals surface area contributed by atoms with Crippen LogP contribution >= 0.6 is 0 Å². The van der Waals surface area contributed by atoms with Crippen molar-refractivity contribution >= 4 is 5.69 Å². The summed E-state index contributed by atoms with van der Waals surface area (Å²) in [5, 5.41) is 4.53. The predicted octanol–water partition coefficient (Wildman–Crippen LogP) is 2.36. The third kappa shape index (κ3) is 2.95. The Morgan fingerprint density at radius 3 is 2.24 bits per heavy atom. The highest BCUT2D eigenvalue weighted by Crippen LogP contribution is 2.25. The molecule has 0 atom stereocenters. The van der Waals surface area contributed by atoms with E-state index in [0.29, 0.717) is 0 Å². The summed E-state index contributed by atoms with van der Waals surface area (Å²) in [7, 11) is 2.03. The fraction of sp³-hybridized carbons (Fsp3) is 0.471. The SMILES string of the molecule is Cc1nn(C)c(C)c1N1CCN(Cc2ccccc2)CC1. The summed E-state index contributed by atoms with van der Waals surface area (Å²) in [6, 6.07) is 10.7. The van der Waals surface area contributed by atoms with Gasteiger partial charge in [0.05, 0.1) is 17.1 Å². The summed E-state index contributed by atoms with van der Waals surface area (Å²) in [5.74, 6) is 0. The molecule has 112 valence electrons. The molecular formula is C17H24N4. The molecular weight excluding hydrogens is 260 g/mol. The maximum Gasteiger partial charge on any atom is 0.0829 e. The van der Waals surface area contributed by atoms with E-state index in [-0.39, 0.29) is 0 Å². The molecule has 4 heteroatoms. The predicted molar refractivity (Wildman–Crippen MR) is 86.6 cm³/mol. The standard InChI is InChI=1S/C17H24N4/c1-14-17(15(2)19(3)18-14)21-11-9-20(10-12-21)13-16-7-5-4-6-8-16/h4-8H,9-13H2,1-3H3. The molecule has 0 radical (unpaired) electrons. The summed E-state index contributed by atoms with van der Waals surface area (Å²) >= 11 is 0. The van der Waals surface area contributed by atoms with Crippen LogP contribution in [0.15, 0.2) is 30.3 Å². The second kappa shape index (κ2) is 5.90. The first-order valence-corrected chi connectivity index (χ1v) is 7.66. The quantitative estimate of drug-likeness (QED) is 0.865. The minimum atomic E-state index is 1.06. The van der Waals surface area contributed by atoms with Gasteiger partial charge in [0.1, 0.15) is 0 Å². The van der Waals surface area contributed by atoms with Gasteiger partial charge in [0, 0.05) is 39.8 Å². The molecule has 2 heterocycles. The molecule has 1 aromatic heterocycles. The molecule has 1 saturated heterocycles. The topological polar surface area (TPSA) is 24.3 Å². The van der Waals surface area contributed by atoms with E-state index >= 15 is 0 Å². The molecule has 0 saturated carbocycles. The Morgan fingerprint density at radius 1 is 1.00 bits per heavy atom. The number of hydrogen-bond donors (Lipinski definition) is 0. The zero-order valence-electron chi connectivity index (χ0n) is 13.2. The molecule has 0 aliphatic carbocycles. The largest absolute Gasteiger partial charge is 0.366 e. The van der Waals surface area contributed by atoms with Gasteiger partial charge in [0.15, 0.2) is 0 Å². The highest BCUT2D eigenvalue weighted by Gasteiger charge is 2.22. The molecule has 2 aromatic rings. The first kappa shape index (κ1) is 14.1. The van der Waals surface area contributed by atoms with Crippen LogP contribution in [-0.2, 0) is 13.6 Å². The highest BCUT2D eigenvalue weighted by atomic mass is 15.3. The van der Waals surface area contributed by atoms with Crippen LogP contribution < -0.4 is 4.90 Å². The van der Waals surface area contributed by atoms with Crippen LogP contribution in [0, 0.1) is 13.8 Å². The number of benzene rings is 1. The van der Waals surface area contributed by atoms with Crippen LogP contribution in [0.4, 0.5) is 5.69 Å². The Hall–Kier alpha value is -1.81. The van der Waals surface area contributed by atoms with Gasteiger partial charge in [-0.3, -0.25) is 9.58 Å². The Bertz CT molecular complexity index is 595. The van der Waals surface area contributed by atoms with E-state index in [1.807, 2.05) is 11.7 Å². The number of anilines is 1. The minimum absolute atomic E-state index is 1.06. The lowest BCUT2D eigenvalue weighted by Crippen LogP contribution is -2.46. The van der Waals surface area contributed by atoms with Gasteiger partial charge in [0.2, 0.25) is 0 Å². The number of rotatable bonds is 3. The smallest absolute Gasteiger partial charge is 0.0829 e. The van der Waals surface area contributed by atoms with E-state index in [4.69, 9.17) is 0 Å². The second-order valence-electron chi connectivity index (χ2n) is 5.89. The average Bonchev–Trinajstić information content (AvgIpc) is 2.74. The molecule has 21 heavy (non-hydrogen) atoms. The van der Waals surface area contributed by atoms with Gasteiger partial charge in [-0.2, -0.15) is 5.10 Å². The highest BCUT2D eigenvalue weighted by molar-refractivity contribution is 5.55. The lowest BCUT2D eigenvalue weighted by Gasteiger charge is -2.36. The van der Waals surface area contributed by atoms with Gasteiger partial charge in [0.25, 0.3) is 0 Å². The van der Waals surface area contributed by atoms with E-state index in [1.165, 1.54) is 16.9 Å².